The van der Waals surface area contributed by atoms with Crippen molar-refractivity contribution >= 4 is 21.9 Å². The van der Waals surface area contributed by atoms with Gasteiger partial charge in [0.05, 0.1) is 25.7 Å². The van der Waals surface area contributed by atoms with Crippen LogP contribution in [0, 0.1) is 11.3 Å². The number of carbonyl (C=O) groups is 1. The molecule has 0 saturated carbocycles. The lowest BCUT2D eigenvalue weighted by Gasteiger charge is -2.10. The Morgan fingerprint density at radius 1 is 1.50 bits per heavy atom. The van der Waals surface area contributed by atoms with E-state index in [2.05, 4.69) is 22.0 Å². The SMILES string of the molecule is CCOC(=O)Cc1cc(C#N)c(OC)c(CBr)c1. The van der Waals surface area contributed by atoms with Gasteiger partial charge in [-0.2, -0.15) is 5.26 Å². The summed E-state index contributed by atoms with van der Waals surface area (Å²) >= 11 is 3.34. The molecule has 5 heteroatoms. The van der Waals surface area contributed by atoms with Gasteiger partial charge in [0, 0.05) is 10.9 Å². The molecule has 0 fully saturated rings. The molecule has 0 saturated heterocycles. The Kier molecular flexibility index (Phi) is 5.66. The number of rotatable bonds is 5. The molecule has 18 heavy (non-hydrogen) atoms. The predicted octanol–water partition coefficient (Wildman–Crippen LogP) is 2.57. The first-order chi connectivity index (χ1) is 8.65. The summed E-state index contributed by atoms with van der Waals surface area (Å²) in [5, 5.41) is 9.63. The number of carbonyl (C=O) groups excluding carboxylic acids is 1. The molecule has 0 unspecified atom stereocenters. The number of hydrogen-bond acceptors (Lipinski definition) is 4. The summed E-state index contributed by atoms with van der Waals surface area (Å²) in [5.74, 6) is 0.245. The molecule has 0 N–H and O–H groups in total. The zero-order chi connectivity index (χ0) is 13.5. The van der Waals surface area contributed by atoms with Gasteiger partial charge in [0.15, 0.2) is 0 Å². The highest BCUT2D eigenvalue weighted by Gasteiger charge is 2.13. The van der Waals surface area contributed by atoms with Crippen LogP contribution in [0.15, 0.2) is 12.1 Å². The number of methoxy groups -OCH3 is 1. The van der Waals surface area contributed by atoms with Gasteiger partial charge in [-0.25, -0.2) is 0 Å². The van der Waals surface area contributed by atoms with Crippen LogP contribution in [0.2, 0.25) is 0 Å². The maximum absolute atomic E-state index is 11.4. The fourth-order valence-corrected chi connectivity index (χ4v) is 2.08. The Morgan fingerprint density at radius 2 is 2.22 bits per heavy atom. The Labute approximate surface area is 115 Å². The zero-order valence-corrected chi connectivity index (χ0v) is 11.9. The van der Waals surface area contributed by atoms with Gasteiger partial charge >= 0.3 is 5.97 Å². The van der Waals surface area contributed by atoms with Crippen molar-refractivity contribution in [3.05, 3.63) is 28.8 Å². The topological polar surface area (TPSA) is 59.3 Å². The van der Waals surface area contributed by atoms with Crippen molar-refractivity contribution in [3.8, 4) is 11.8 Å². The van der Waals surface area contributed by atoms with Crippen LogP contribution in [0.1, 0.15) is 23.6 Å². The molecule has 0 aliphatic heterocycles. The third kappa shape index (κ3) is 3.47. The molecular formula is C13H14BrNO3. The summed E-state index contributed by atoms with van der Waals surface area (Å²) < 4.78 is 10.1. The molecular weight excluding hydrogens is 298 g/mol. The summed E-state index contributed by atoms with van der Waals surface area (Å²) in [5.41, 5.74) is 2.02. The second-order valence-corrected chi connectivity index (χ2v) is 4.12. The summed E-state index contributed by atoms with van der Waals surface area (Å²) in [6.45, 7) is 2.11. The minimum atomic E-state index is -0.299. The van der Waals surface area contributed by atoms with Crippen LogP contribution in [0.5, 0.6) is 5.75 Å². The smallest absolute Gasteiger partial charge is 0.310 e. The van der Waals surface area contributed by atoms with Gasteiger partial charge in [-0.05, 0) is 18.6 Å². The Bertz CT molecular complexity index is 480. The molecule has 1 aromatic rings. The Hall–Kier alpha value is -1.54. The van der Waals surface area contributed by atoms with Crippen LogP contribution in [-0.2, 0) is 21.3 Å². The molecule has 0 aliphatic carbocycles. The zero-order valence-electron chi connectivity index (χ0n) is 10.3. The molecule has 96 valence electrons. The second-order valence-electron chi connectivity index (χ2n) is 3.56. The van der Waals surface area contributed by atoms with Crippen LogP contribution in [0.4, 0.5) is 0 Å². The largest absolute Gasteiger partial charge is 0.495 e. The van der Waals surface area contributed by atoms with Crippen molar-refractivity contribution in [1.82, 2.24) is 0 Å². The summed E-state index contributed by atoms with van der Waals surface area (Å²) in [6, 6.07) is 5.56. The average molecular weight is 312 g/mol. The quantitative estimate of drug-likeness (QED) is 0.619. The number of nitriles is 1. The van der Waals surface area contributed by atoms with E-state index >= 15 is 0 Å². The van der Waals surface area contributed by atoms with E-state index in [4.69, 9.17) is 14.7 Å². The van der Waals surface area contributed by atoms with Crippen molar-refractivity contribution in [2.45, 2.75) is 18.7 Å². The first-order valence-electron chi connectivity index (χ1n) is 5.47. The summed E-state index contributed by atoms with van der Waals surface area (Å²) in [4.78, 5) is 11.4. The van der Waals surface area contributed by atoms with E-state index in [0.29, 0.717) is 23.2 Å². The van der Waals surface area contributed by atoms with Crippen molar-refractivity contribution in [2.24, 2.45) is 0 Å². The molecule has 1 aromatic carbocycles. The minimum Gasteiger partial charge on any atom is -0.495 e. The third-order valence-electron chi connectivity index (χ3n) is 2.35. The Morgan fingerprint density at radius 3 is 2.72 bits per heavy atom. The maximum atomic E-state index is 11.4. The van der Waals surface area contributed by atoms with E-state index in [-0.39, 0.29) is 12.4 Å². The first kappa shape index (κ1) is 14.5. The van der Waals surface area contributed by atoms with Crippen LogP contribution in [0.25, 0.3) is 0 Å². The van der Waals surface area contributed by atoms with Gasteiger partial charge in [0.1, 0.15) is 11.8 Å². The minimum absolute atomic E-state index is 0.159. The van der Waals surface area contributed by atoms with E-state index < -0.39 is 0 Å². The normalized spacial score (nSPS) is 9.67. The van der Waals surface area contributed by atoms with Crippen molar-refractivity contribution < 1.29 is 14.3 Å². The van der Waals surface area contributed by atoms with Crippen molar-refractivity contribution in [1.29, 1.82) is 5.26 Å². The lowest BCUT2D eigenvalue weighted by Crippen LogP contribution is -2.08. The van der Waals surface area contributed by atoms with E-state index in [1.54, 1.807) is 13.0 Å². The summed E-state index contributed by atoms with van der Waals surface area (Å²) in [7, 11) is 1.52. The molecule has 0 heterocycles. The fourth-order valence-electron chi connectivity index (χ4n) is 1.66. The number of ether oxygens (including phenoxy) is 2. The number of nitrogens with zero attached hydrogens (tertiary/aromatic N) is 1. The highest BCUT2D eigenvalue weighted by atomic mass is 79.9. The number of halogens is 1. The fraction of sp³-hybridized carbons (Fsp3) is 0.385. The molecule has 0 radical (unpaired) electrons. The maximum Gasteiger partial charge on any atom is 0.310 e. The van der Waals surface area contributed by atoms with E-state index in [1.807, 2.05) is 6.07 Å². The molecule has 0 spiro atoms. The van der Waals surface area contributed by atoms with Gasteiger partial charge in [-0.15, -0.1) is 0 Å². The molecule has 0 aliphatic rings. The number of esters is 1. The van der Waals surface area contributed by atoms with Crippen LogP contribution in [-0.4, -0.2) is 19.7 Å². The van der Waals surface area contributed by atoms with Crippen LogP contribution < -0.4 is 4.74 Å². The lowest BCUT2D eigenvalue weighted by atomic mass is 10.0. The average Bonchev–Trinajstić information content (AvgIpc) is 2.37. The molecule has 1 rings (SSSR count). The number of hydrogen-bond donors (Lipinski definition) is 0. The standard InChI is InChI=1S/C13H14BrNO3/c1-3-18-12(16)6-9-4-10(7-14)13(17-2)11(5-9)8-15/h4-5H,3,6-7H2,1-2H3. The predicted molar refractivity (Wildman–Crippen MR) is 70.7 cm³/mol. The second kappa shape index (κ2) is 7.02. The van der Waals surface area contributed by atoms with Gasteiger partial charge < -0.3 is 9.47 Å². The highest BCUT2D eigenvalue weighted by Crippen LogP contribution is 2.27. The van der Waals surface area contributed by atoms with Gasteiger partial charge in [0.25, 0.3) is 0 Å². The van der Waals surface area contributed by atoms with Crippen molar-refractivity contribution in [2.75, 3.05) is 13.7 Å². The molecule has 4 nitrogen and oxygen atoms in total. The lowest BCUT2D eigenvalue weighted by molar-refractivity contribution is -0.142. The van der Waals surface area contributed by atoms with Crippen LogP contribution in [0.3, 0.4) is 0 Å². The van der Waals surface area contributed by atoms with E-state index in [0.717, 1.165) is 11.1 Å². The number of alkyl halides is 1. The van der Waals surface area contributed by atoms with Crippen LogP contribution >= 0.6 is 15.9 Å². The monoisotopic (exact) mass is 311 g/mol. The highest BCUT2D eigenvalue weighted by molar-refractivity contribution is 9.08. The Balaban J connectivity index is 3.08. The van der Waals surface area contributed by atoms with E-state index in [1.165, 1.54) is 7.11 Å². The van der Waals surface area contributed by atoms with Gasteiger partial charge in [-0.3, -0.25) is 4.79 Å². The first-order valence-corrected chi connectivity index (χ1v) is 6.59. The number of benzene rings is 1. The van der Waals surface area contributed by atoms with Gasteiger partial charge in [0.2, 0.25) is 0 Å². The molecule has 0 atom stereocenters. The third-order valence-corrected chi connectivity index (χ3v) is 2.95. The molecule has 0 bridgehead atoms. The molecule has 0 aromatic heterocycles. The molecule has 0 amide bonds. The van der Waals surface area contributed by atoms with Crippen molar-refractivity contribution in [3.63, 3.8) is 0 Å². The van der Waals surface area contributed by atoms with Gasteiger partial charge in [-0.1, -0.05) is 22.0 Å². The summed E-state index contributed by atoms with van der Waals surface area (Å²) in [6.07, 6.45) is 0.159. The van der Waals surface area contributed by atoms with E-state index in [9.17, 15) is 4.79 Å².